The van der Waals surface area contributed by atoms with E-state index in [2.05, 4.69) is 47.5 Å². The predicted octanol–water partition coefficient (Wildman–Crippen LogP) is 3.40. The predicted molar refractivity (Wildman–Crippen MR) is 104 cm³/mol. The smallest absolute Gasteiger partial charge is 0.169 e. The molecule has 4 nitrogen and oxygen atoms in total. The van der Waals surface area contributed by atoms with Crippen LogP contribution < -0.4 is 14.8 Å². The summed E-state index contributed by atoms with van der Waals surface area (Å²) < 4.78 is 11.2. The summed E-state index contributed by atoms with van der Waals surface area (Å²) in [6.07, 6.45) is 0.961. The minimum Gasteiger partial charge on any atom is -0.486 e. The van der Waals surface area contributed by atoms with Crippen molar-refractivity contribution in [1.29, 1.82) is 0 Å². The number of ether oxygens (including phenoxy) is 2. The molecule has 1 heterocycles. The van der Waals surface area contributed by atoms with Gasteiger partial charge in [-0.2, -0.15) is 0 Å². The summed E-state index contributed by atoms with van der Waals surface area (Å²) in [6.45, 7) is 5.77. The van der Waals surface area contributed by atoms with Gasteiger partial charge in [-0.05, 0) is 48.8 Å². The Labute approximate surface area is 154 Å². The minimum absolute atomic E-state index is 0.605. The average molecular weight is 356 g/mol. The Morgan fingerprint density at radius 3 is 2.56 bits per heavy atom. The second-order valence-corrected chi connectivity index (χ2v) is 6.35. The molecule has 0 amide bonds. The molecule has 25 heavy (non-hydrogen) atoms. The van der Waals surface area contributed by atoms with Gasteiger partial charge in [0.05, 0.1) is 0 Å². The molecule has 0 saturated heterocycles. The van der Waals surface area contributed by atoms with E-state index in [1.807, 2.05) is 18.2 Å². The van der Waals surface area contributed by atoms with Gasteiger partial charge in [-0.1, -0.05) is 36.4 Å². The zero-order chi connectivity index (χ0) is 17.5. The normalized spacial score (nSPS) is 12.5. The third-order valence-corrected chi connectivity index (χ3v) is 4.58. The lowest BCUT2D eigenvalue weighted by Gasteiger charge is -2.25. The van der Waals surface area contributed by atoms with E-state index in [0.29, 0.717) is 13.2 Å². The lowest BCUT2D eigenvalue weighted by Crippen LogP contribution is -2.40. The van der Waals surface area contributed by atoms with Crippen LogP contribution in [0.5, 0.6) is 11.5 Å². The first kappa shape index (κ1) is 17.5. The Hall–Kier alpha value is -2.27. The average Bonchev–Trinajstić information content (AvgIpc) is 2.66. The molecule has 0 atom stereocenters. The van der Waals surface area contributed by atoms with Crippen LogP contribution in [0, 0.1) is 0 Å². The SMILES string of the molecule is CCN(Cc1ccc2c(c1)OCCO2)C(=S)NCCc1ccccc1. The number of hydrogen-bond acceptors (Lipinski definition) is 3. The molecule has 0 radical (unpaired) electrons. The fraction of sp³-hybridized carbons (Fsp3) is 0.350. The second kappa shape index (κ2) is 8.72. The van der Waals surface area contributed by atoms with E-state index in [4.69, 9.17) is 21.7 Å². The van der Waals surface area contributed by atoms with Crippen LogP contribution in [0.15, 0.2) is 48.5 Å². The lowest BCUT2D eigenvalue weighted by molar-refractivity contribution is 0.171. The van der Waals surface area contributed by atoms with E-state index >= 15 is 0 Å². The molecule has 1 aliphatic heterocycles. The molecule has 0 spiro atoms. The second-order valence-electron chi connectivity index (χ2n) is 5.96. The molecule has 0 aromatic heterocycles. The van der Waals surface area contributed by atoms with Crippen molar-refractivity contribution in [3.8, 4) is 11.5 Å². The van der Waals surface area contributed by atoms with Crippen molar-refractivity contribution in [3.63, 3.8) is 0 Å². The van der Waals surface area contributed by atoms with Gasteiger partial charge in [0.2, 0.25) is 0 Å². The third kappa shape index (κ3) is 4.86. The van der Waals surface area contributed by atoms with Gasteiger partial charge in [-0.25, -0.2) is 0 Å². The van der Waals surface area contributed by atoms with E-state index in [-0.39, 0.29) is 0 Å². The molecule has 1 N–H and O–H groups in total. The molecule has 0 saturated carbocycles. The molecule has 1 aliphatic rings. The summed E-state index contributed by atoms with van der Waals surface area (Å²) in [5.41, 5.74) is 2.48. The van der Waals surface area contributed by atoms with Crippen molar-refractivity contribution in [2.75, 3.05) is 26.3 Å². The number of benzene rings is 2. The Kier molecular flexibility index (Phi) is 6.12. The maximum Gasteiger partial charge on any atom is 0.169 e. The monoisotopic (exact) mass is 356 g/mol. The molecule has 0 fully saturated rings. The number of rotatable bonds is 6. The van der Waals surface area contributed by atoms with Crippen LogP contribution >= 0.6 is 12.2 Å². The van der Waals surface area contributed by atoms with E-state index < -0.39 is 0 Å². The van der Waals surface area contributed by atoms with Crippen LogP contribution in [0.2, 0.25) is 0 Å². The summed E-state index contributed by atoms with van der Waals surface area (Å²) in [5, 5.41) is 4.15. The molecule has 0 bridgehead atoms. The van der Waals surface area contributed by atoms with Gasteiger partial charge in [0, 0.05) is 19.6 Å². The number of fused-ring (bicyclic) bond motifs is 1. The topological polar surface area (TPSA) is 33.7 Å². The van der Waals surface area contributed by atoms with Crippen molar-refractivity contribution in [2.45, 2.75) is 19.9 Å². The molecule has 3 rings (SSSR count). The molecule has 2 aromatic carbocycles. The number of thiocarbonyl (C=S) groups is 1. The lowest BCUT2D eigenvalue weighted by atomic mass is 10.1. The molecule has 0 aliphatic carbocycles. The highest BCUT2D eigenvalue weighted by Gasteiger charge is 2.14. The summed E-state index contributed by atoms with van der Waals surface area (Å²) in [6, 6.07) is 16.5. The number of nitrogens with one attached hydrogen (secondary N) is 1. The molecule has 2 aromatic rings. The Morgan fingerprint density at radius 1 is 1.04 bits per heavy atom. The summed E-state index contributed by atoms with van der Waals surface area (Å²) in [4.78, 5) is 2.16. The van der Waals surface area contributed by atoms with Crippen LogP contribution in [-0.2, 0) is 13.0 Å². The van der Waals surface area contributed by atoms with Crippen molar-refractivity contribution >= 4 is 17.3 Å². The van der Waals surface area contributed by atoms with Gasteiger partial charge in [0.15, 0.2) is 16.6 Å². The summed E-state index contributed by atoms with van der Waals surface area (Å²) in [7, 11) is 0. The molecule has 5 heteroatoms. The first-order valence-electron chi connectivity index (χ1n) is 8.71. The Bertz CT molecular complexity index is 706. The number of hydrogen-bond donors (Lipinski definition) is 1. The fourth-order valence-corrected chi connectivity index (χ4v) is 3.10. The highest BCUT2D eigenvalue weighted by molar-refractivity contribution is 7.80. The van der Waals surface area contributed by atoms with E-state index in [9.17, 15) is 0 Å². The van der Waals surface area contributed by atoms with Crippen molar-refractivity contribution in [3.05, 3.63) is 59.7 Å². The first-order valence-corrected chi connectivity index (χ1v) is 9.12. The Balaban J connectivity index is 1.53. The van der Waals surface area contributed by atoms with Gasteiger partial charge in [-0.3, -0.25) is 0 Å². The maximum atomic E-state index is 5.66. The van der Waals surface area contributed by atoms with Crippen LogP contribution in [0.25, 0.3) is 0 Å². The van der Waals surface area contributed by atoms with Crippen LogP contribution in [0.3, 0.4) is 0 Å². The maximum absolute atomic E-state index is 5.66. The van der Waals surface area contributed by atoms with Gasteiger partial charge in [0.1, 0.15) is 13.2 Å². The van der Waals surface area contributed by atoms with Gasteiger partial charge in [0.25, 0.3) is 0 Å². The van der Waals surface area contributed by atoms with E-state index in [0.717, 1.165) is 42.7 Å². The van der Waals surface area contributed by atoms with Crippen LogP contribution in [0.4, 0.5) is 0 Å². The zero-order valence-electron chi connectivity index (χ0n) is 14.5. The van der Waals surface area contributed by atoms with Crippen molar-refractivity contribution in [1.82, 2.24) is 10.2 Å². The zero-order valence-corrected chi connectivity index (χ0v) is 15.3. The largest absolute Gasteiger partial charge is 0.486 e. The molecule has 0 unspecified atom stereocenters. The third-order valence-electron chi connectivity index (χ3n) is 4.18. The van der Waals surface area contributed by atoms with Gasteiger partial charge in [-0.15, -0.1) is 0 Å². The van der Waals surface area contributed by atoms with Crippen LogP contribution in [0.1, 0.15) is 18.1 Å². The van der Waals surface area contributed by atoms with Crippen LogP contribution in [-0.4, -0.2) is 36.3 Å². The fourth-order valence-electron chi connectivity index (χ4n) is 2.80. The standard InChI is InChI=1S/C20H24N2O2S/c1-2-22(20(25)21-11-10-16-6-4-3-5-7-16)15-17-8-9-18-19(14-17)24-13-12-23-18/h3-9,14H,2,10-13,15H2,1H3,(H,21,25). The molecular weight excluding hydrogens is 332 g/mol. The Morgan fingerprint density at radius 2 is 1.80 bits per heavy atom. The summed E-state index contributed by atoms with van der Waals surface area (Å²) in [5.74, 6) is 1.64. The van der Waals surface area contributed by atoms with E-state index in [1.54, 1.807) is 0 Å². The first-order chi connectivity index (χ1) is 12.3. The van der Waals surface area contributed by atoms with Gasteiger partial charge >= 0.3 is 0 Å². The highest BCUT2D eigenvalue weighted by Crippen LogP contribution is 2.31. The summed E-state index contributed by atoms with van der Waals surface area (Å²) >= 11 is 5.57. The molecular formula is C20H24N2O2S. The molecule has 132 valence electrons. The van der Waals surface area contributed by atoms with Crippen molar-refractivity contribution in [2.24, 2.45) is 0 Å². The number of nitrogens with zero attached hydrogens (tertiary/aromatic N) is 1. The van der Waals surface area contributed by atoms with E-state index in [1.165, 1.54) is 11.1 Å². The highest BCUT2D eigenvalue weighted by atomic mass is 32.1. The minimum atomic E-state index is 0.605. The van der Waals surface area contributed by atoms with Gasteiger partial charge < -0.3 is 19.7 Å². The van der Waals surface area contributed by atoms with Crippen molar-refractivity contribution < 1.29 is 9.47 Å². The quantitative estimate of drug-likeness (QED) is 0.803.